The number of amides is 9. The molecule has 0 aliphatic carbocycles. The van der Waals surface area contributed by atoms with Crippen molar-refractivity contribution in [2.45, 2.75) is 119 Å². The normalized spacial score (nSPS) is 23.2. The number of carboxylic acids is 4. The van der Waals surface area contributed by atoms with Crippen molar-refractivity contribution in [3.8, 4) is 0 Å². The highest BCUT2D eigenvalue weighted by Gasteiger charge is 2.36. The number of primary amides is 1. The molecule has 3 rings (SSSR count). The molecule has 1 aliphatic rings. The Hall–Kier alpha value is -7.82. The summed E-state index contributed by atoms with van der Waals surface area (Å²) in [7, 11) is 0. The Morgan fingerprint density at radius 2 is 1.19 bits per heavy atom. The maximum Gasteiger partial charge on any atom is 0.305 e. The molecular weight excluding hydrogens is 953 g/mol. The molecule has 28 nitrogen and oxygen atoms in total. The van der Waals surface area contributed by atoms with Gasteiger partial charge in [0.25, 0.3) is 0 Å². The molecule has 16 N–H and O–H groups in total. The minimum atomic E-state index is -2.03. The number of hydrogen-bond acceptors (Lipinski definition) is 15. The van der Waals surface area contributed by atoms with Gasteiger partial charge in [-0.25, -0.2) is 0 Å². The first-order chi connectivity index (χ1) is 32.9. The summed E-state index contributed by atoms with van der Waals surface area (Å²) < 4.78 is 0. The number of fused-ring (bicyclic) bond motifs is 3. The molecule has 0 saturated carbocycles. The number of aliphatic hydroxyl groups excluding tert-OH is 1. The summed E-state index contributed by atoms with van der Waals surface area (Å²) in [5.41, 5.74) is 6.44. The number of hydrogen-bond donors (Lipinski definition) is 15. The first-order valence-corrected chi connectivity index (χ1v) is 22.3. The molecule has 382 valence electrons. The minimum absolute atomic E-state index is 0.255. The summed E-state index contributed by atoms with van der Waals surface area (Å²) >= 11 is 0.896. The highest BCUT2D eigenvalue weighted by molar-refractivity contribution is 7.99. The number of para-hydroxylation sites is 1. The van der Waals surface area contributed by atoms with Gasteiger partial charge in [0.1, 0.15) is 42.3 Å². The highest BCUT2D eigenvalue weighted by atomic mass is 32.2. The van der Waals surface area contributed by atoms with Crippen LogP contribution in [0.25, 0.3) is 10.9 Å². The monoisotopic (exact) mass is 1010 g/mol. The largest absolute Gasteiger partial charge is 0.481 e. The van der Waals surface area contributed by atoms with Gasteiger partial charge in [0, 0.05) is 49.3 Å². The number of aromatic nitrogens is 1. The zero-order valence-corrected chi connectivity index (χ0v) is 38.3. The molecular formula is C41H54N10O18S. The number of benzene rings is 1. The van der Waals surface area contributed by atoms with E-state index < -0.39 is 177 Å². The SMILES string of the molecule is CC(=O)N[C@H]1Cc2c([nH]c3ccccc23)SC[C@@H](C(N)=O)NC(=O)[C@H](CCC(=O)O)NC(=O)CNC(=O)[C@H]([C@@H](C)O)NC(=O)[C@H](CCC(=O)O)NC(=O)[C@H](CCC(=O)O)NC(=O)[C@H](CC(=O)O)NC1=O. The number of thioether (sulfide) groups is 1. The minimum Gasteiger partial charge on any atom is -0.481 e. The average Bonchev–Trinajstić information content (AvgIpc) is 3.62. The molecule has 0 radical (unpaired) electrons. The standard InChI is InChI=1S/C41H54N10O18S/c1-17(52)33-40(69)43-15-28(54)45-22(7-10-29(55)56)35(64)49-27(34(42)63)16-70-41-20(19-5-3-4-6-21(19)50-41)13-25(44-18(2)53)38(67)48-26(14-32(61)62)39(68)47-23(8-11-30(57)58)36(65)46-24(37(66)51-33)9-12-31(59)60/h3-6,17,22-27,33,50,52H,7-16H2,1-2H3,(H2,42,63)(H,43,69)(H,44,53)(H,45,54)(H,46,65)(H,47,68)(H,48,67)(H,49,64)(H,51,66)(H,55,56)(H,57,58)(H,59,60)(H,61,62)/t17-,22+,23+,24+,25+,26+,27+,33+/m1/s1. The number of aromatic amines is 1. The van der Waals surface area contributed by atoms with Crippen molar-refractivity contribution >= 4 is 99.7 Å². The fourth-order valence-electron chi connectivity index (χ4n) is 6.79. The molecule has 0 fully saturated rings. The third-order valence-corrected chi connectivity index (χ3v) is 11.4. The fraction of sp³-hybridized carbons (Fsp3) is 0.488. The molecule has 0 bridgehead atoms. The van der Waals surface area contributed by atoms with Gasteiger partial charge in [0.2, 0.25) is 53.2 Å². The van der Waals surface area contributed by atoms with E-state index in [1.165, 1.54) is 0 Å². The Morgan fingerprint density at radius 3 is 1.70 bits per heavy atom. The number of nitrogens with two attached hydrogens (primary N) is 1. The van der Waals surface area contributed by atoms with Crippen LogP contribution in [0.5, 0.6) is 0 Å². The third-order valence-electron chi connectivity index (χ3n) is 10.3. The van der Waals surface area contributed by atoms with Crippen molar-refractivity contribution in [2.24, 2.45) is 5.73 Å². The zero-order valence-electron chi connectivity index (χ0n) is 37.5. The van der Waals surface area contributed by atoms with E-state index in [0.717, 1.165) is 25.6 Å². The molecule has 29 heteroatoms. The summed E-state index contributed by atoms with van der Waals surface area (Å²) in [6, 6.07) is -6.00. The smallest absolute Gasteiger partial charge is 0.305 e. The number of H-pyrrole nitrogens is 1. The lowest BCUT2D eigenvalue weighted by molar-refractivity contribution is -0.142. The molecule has 1 aliphatic heterocycles. The number of carbonyl (C=O) groups is 13. The van der Waals surface area contributed by atoms with Crippen LogP contribution in [0.2, 0.25) is 0 Å². The third kappa shape index (κ3) is 18.0. The van der Waals surface area contributed by atoms with Crippen molar-refractivity contribution in [3.05, 3.63) is 29.8 Å². The van der Waals surface area contributed by atoms with Crippen LogP contribution >= 0.6 is 11.8 Å². The lowest BCUT2D eigenvalue weighted by Gasteiger charge is -2.27. The first-order valence-electron chi connectivity index (χ1n) is 21.3. The molecule has 1 aromatic heterocycles. The predicted molar refractivity (Wildman–Crippen MR) is 239 cm³/mol. The van der Waals surface area contributed by atoms with E-state index in [1.54, 1.807) is 24.3 Å². The molecule has 70 heavy (non-hydrogen) atoms. The summed E-state index contributed by atoms with van der Waals surface area (Å²) in [5, 5.41) is 66.9. The van der Waals surface area contributed by atoms with Crippen LogP contribution in [0.1, 0.15) is 64.4 Å². The van der Waals surface area contributed by atoms with E-state index in [9.17, 15) is 87.9 Å². The molecule has 2 aromatic rings. The lowest BCUT2D eigenvalue weighted by atomic mass is 10.0. The van der Waals surface area contributed by atoms with Crippen molar-refractivity contribution in [1.29, 1.82) is 0 Å². The fourth-order valence-corrected chi connectivity index (χ4v) is 7.92. The van der Waals surface area contributed by atoms with Gasteiger partial charge >= 0.3 is 23.9 Å². The molecule has 8 atom stereocenters. The quantitative estimate of drug-likeness (QED) is 0.0845. The van der Waals surface area contributed by atoms with E-state index in [4.69, 9.17) is 5.73 Å². The van der Waals surface area contributed by atoms with E-state index in [-0.39, 0.29) is 17.2 Å². The van der Waals surface area contributed by atoms with Gasteiger partial charge in [-0.3, -0.25) is 62.3 Å². The Balaban J connectivity index is 2.19. The highest BCUT2D eigenvalue weighted by Crippen LogP contribution is 2.31. The van der Waals surface area contributed by atoms with E-state index >= 15 is 0 Å². The van der Waals surface area contributed by atoms with Gasteiger partial charge in [0.15, 0.2) is 0 Å². The van der Waals surface area contributed by atoms with Crippen molar-refractivity contribution in [2.75, 3.05) is 12.3 Å². The summed E-state index contributed by atoms with van der Waals surface area (Å²) in [4.78, 5) is 170. The summed E-state index contributed by atoms with van der Waals surface area (Å²) in [6.07, 6.45) is -7.57. The molecule has 0 unspecified atom stereocenters. The van der Waals surface area contributed by atoms with Crippen LogP contribution in [0.4, 0.5) is 0 Å². The predicted octanol–water partition coefficient (Wildman–Crippen LogP) is -4.72. The number of nitrogens with one attached hydrogen (secondary N) is 9. The molecule has 1 aromatic carbocycles. The second-order valence-electron chi connectivity index (χ2n) is 15.9. The van der Waals surface area contributed by atoms with Crippen LogP contribution in [0.15, 0.2) is 29.3 Å². The maximum atomic E-state index is 14.0. The Kier molecular flexibility index (Phi) is 21.5. The van der Waals surface area contributed by atoms with Gasteiger partial charge in [-0.1, -0.05) is 18.2 Å². The van der Waals surface area contributed by atoms with Gasteiger partial charge < -0.3 is 78.8 Å². The van der Waals surface area contributed by atoms with Crippen LogP contribution in [0.3, 0.4) is 0 Å². The number of aliphatic carboxylic acids is 4. The number of aliphatic hydroxyl groups is 1. The van der Waals surface area contributed by atoms with Crippen LogP contribution < -0.4 is 48.3 Å². The van der Waals surface area contributed by atoms with Gasteiger partial charge in [-0.05, 0) is 37.8 Å². The Morgan fingerprint density at radius 1 is 0.686 bits per heavy atom. The second-order valence-corrected chi connectivity index (χ2v) is 16.9. The molecule has 2 heterocycles. The summed E-state index contributed by atoms with van der Waals surface area (Å²) in [5.74, 6) is -16.8. The van der Waals surface area contributed by atoms with Gasteiger partial charge in [-0.15, -0.1) is 11.8 Å². The first kappa shape index (κ1) is 56.5. The number of carbonyl (C=O) groups excluding carboxylic acids is 9. The van der Waals surface area contributed by atoms with Crippen molar-refractivity contribution in [3.63, 3.8) is 0 Å². The maximum absolute atomic E-state index is 14.0. The molecule has 9 amide bonds. The van der Waals surface area contributed by atoms with Gasteiger partial charge in [-0.2, -0.15) is 0 Å². The van der Waals surface area contributed by atoms with Crippen molar-refractivity contribution in [1.82, 2.24) is 47.5 Å². The van der Waals surface area contributed by atoms with Gasteiger partial charge in [0.05, 0.1) is 24.1 Å². The Labute approximate surface area is 400 Å². The van der Waals surface area contributed by atoms with Crippen LogP contribution in [0, 0.1) is 0 Å². The Bertz CT molecular complexity index is 2360. The number of carboxylic acid groups (broad SMARTS) is 4. The van der Waals surface area contributed by atoms with Crippen molar-refractivity contribution < 1.29 is 87.9 Å². The van der Waals surface area contributed by atoms with Crippen LogP contribution in [-0.2, 0) is 68.7 Å². The zero-order chi connectivity index (χ0) is 52.4. The van der Waals surface area contributed by atoms with E-state index in [0.29, 0.717) is 16.5 Å². The molecule has 0 saturated heterocycles. The lowest BCUT2D eigenvalue weighted by Crippen LogP contribution is -2.60. The second kappa shape index (κ2) is 26.7. The topological polar surface area (TPSA) is 461 Å². The summed E-state index contributed by atoms with van der Waals surface area (Å²) in [6.45, 7) is 1.12. The number of rotatable bonds is 14. The van der Waals surface area contributed by atoms with E-state index in [1.807, 2.05) is 0 Å². The average molecular weight is 1010 g/mol. The van der Waals surface area contributed by atoms with E-state index in [2.05, 4.69) is 47.5 Å². The van der Waals surface area contributed by atoms with Crippen LogP contribution in [-0.4, -0.2) is 168 Å². The molecule has 0 spiro atoms.